The van der Waals surface area contributed by atoms with E-state index >= 15 is 0 Å². The zero-order valence-corrected chi connectivity index (χ0v) is 8.66. The lowest BCUT2D eigenvalue weighted by Crippen LogP contribution is -2.02. The van der Waals surface area contributed by atoms with Crippen LogP contribution < -0.4 is 5.73 Å². The van der Waals surface area contributed by atoms with Crippen molar-refractivity contribution < 1.29 is 4.39 Å². The molecule has 0 aliphatic rings. The van der Waals surface area contributed by atoms with Gasteiger partial charge in [-0.1, -0.05) is 6.07 Å². The second-order valence-corrected chi connectivity index (χ2v) is 3.57. The minimum absolute atomic E-state index is 0.292. The maximum absolute atomic E-state index is 13.6. The highest BCUT2D eigenvalue weighted by Crippen LogP contribution is 2.18. The Bertz CT molecular complexity index is 503. The molecule has 2 aromatic rings. The van der Waals surface area contributed by atoms with Gasteiger partial charge in [0.2, 0.25) is 5.95 Å². The smallest absolute Gasteiger partial charge is 0.205 e. The van der Waals surface area contributed by atoms with Crippen molar-refractivity contribution in [1.82, 2.24) is 9.55 Å². The van der Waals surface area contributed by atoms with Crippen molar-refractivity contribution in [1.29, 1.82) is 0 Å². The average molecular weight is 205 g/mol. The molecule has 0 bridgehead atoms. The minimum atomic E-state index is -0.292. The number of halogens is 1. The Morgan fingerprint density at radius 2 is 2.07 bits per heavy atom. The minimum Gasteiger partial charge on any atom is -0.369 e. The Morgan fingerprint density at radius 1 is 1.33 bits per heavy atom. The van der Waals surface area contributed by atoms with E-state index in [0.717, 1.165) is 11.3 Å². The molecule has 0 unspecified atom stereocenters. The van der Waals surface area contributed by atoms with Gasteiger partial charge in [0.1, 0.15) is 5.82 Å². The molecule has 1 aromatic heterocycles. The molecule has 2 N–H and O–H groups in total. The summed E-state index contributed by atoms with van der Waals surface area (Å²) in [5.41, 5.74) is 7.75. The molecule has 0 saturated heterocycles. The Morgan fingerprint density at radius 3 is 2.60 bits per heavy atom. The Labute approximate surface area is 87.4 Å². The fourth-order valence-corrected chi connectivity index (χ4v) is 1.52. The first kappa shape index (κ1) is 9.71. The highest BCUT2D eigenvalue weighted by molar-refractivity contribution is 5.42. The number of nitrogens with zero attached hydrogens (tertiary/aromatic N) is 2. The van der Waals surface area contributed by atoms with Gasteiger partial charge in [0.15, 0.2) is 0 Å². The van der Waals surface area contributed by atoms with E-state index in [9.17, 15) is 4.39 Å². The molecular weight excluding hydrogens is 193 g/mol. The summed E-state index contributed by atoms with van der Waals surface area (Å²) < 4.78 is 15.2. The van der Waals surface area contributed by atoms with Gasteiger partial charge >= 0.3 is 0 Å². The monoisotopic (exact) mass is 205 g/mol. The highest BCUT2D eigenvalue weighted by atomic mass is 19.1. The molecule has 4 heteroatoms. The van der Waals surface area contributed by atoms with E-state index < -0.39 is 0 Å². The van der Waals surface area contributed by atoms with Crippen molar-refractivity contribution in [3.8, 4) is 5.69 Å². The van der Waals surface area contributed by atoms with Crippen LogP contribution in [0.1, 0.15) is 11.3 Å². The molecule has 0 aliphatic carbocycles. The SMILES string of the molecule is Cc1ccc(-n2cc(C)nc2N)c(F)c1. The standard InChI is InChI=1S/C11H12FN3/c1-7-3-4-10(9(12)5-7)15-6-8(2)14-11(15)13/h3-6H,1-2H3,(H2,13,14). The number of anilines is 1. The summed E-state index contributed by atoms with van der Waals surface area (Å²) in [4.78, 5) is 4.03. The zero-order valence-electron chi connectivity index (χ0n) is 8.66. The molecule has 0 radical (unpaired) electrons. The lowest BCUT2D eigenvalue weighted by Gasteiger charge is -2.06. The van der Waals surface area contributed by atoms with E-state index in [-0.39, 0.29) is 5.82 Å². The zero-order chi connectivity index (χ0) is 11.0. The van der Waals surface area contributed by atoms with Gasteiger partial charge in [-0.05, 0) is 31.5 Å². The van der Waals surface area contributed by atoms with E-state index in [4.69, 9.17) is 5.73 Å². The second-order valence-electron chi connectivity index (χ2n) is 3.57. The largest absolute Gasteiger partial charge is 0.369 e. The number of benzene rings is 1. The predicted octanol–water partition coefficient (Wildman–Crippen LogP) is 2.21. The molecule has 0 spiro atoms. The van der Waals surface area contributed by atoms with Crippen LogP contribution in [0.3, 0.4) is 0 Å². The summed E-state index contributed by atoms with van der Waals surface area (Å²) in [6, 6.07) is 5.01. The molecule has 78 valence electrons. The number of nitrogen functional groups attached to an aromatic ring is 1. The summed E-state index contributed by atoms with van der Waals surface area (Å²) >= 11 is 0. The molecule has 0 aliphatic heterocycles. The number of hydrogen-bond acceptors (Lipinski definition) is 2. The third-order valence-corrected chi connectivity index (χ3v) is 2.22. The van der Waals surface area contributed by atoms with Gasteiger partial charge in [0.25, 0.3) is 0 Å². The second kappa shape index (κ2) is 3.38. The lowest BCUT2D eigenvalue weighted by atomic mass is 10.2. The Balaban J connectivity index is 2.59. The molecule has 2 rings (SSSR count). The van der Waals surface area contributed by atoms with Gasteiger partial charge in [-0.2, -0.15) is 0 Å². The number of nitrogens with two attached hydrogens (primary N) is 1. The van der Waals surface area contributed by atoms with Gasteiger partial charge in [-0.3, -0.25) is 4.57 Å². The highest BCUT2D eigenvalue weighted by Gasteiger charge is 2.08. The first-order valence-corrected chi connectivity index (χ1v) is 4.66. The van der Waals surface area contributed by atoms with E-state index in [1.165, 1.54) is 6.07 Å². The molecule has 0 atom stereocenters. The fourth-order valence-electron chi connectivity index (χ4n) is 1.52. The molecule has 15 heavy (non-hydrogen) atoms. The van der Waals surface area contributed by atoms with Gasteiger partial charge in [0, 0.05) is 6.20 Å². The van der Waals surface area contributed by atoms with Crippen LogP contribution in [0.5, 0.6) is 0 Å². The Kier molecular flexibility index (Phi) is 2.19. The van der Waals surface area contributed by atoms with E-state index in [1.54, 1.807) is 16.8 Å². The van der Waals surface area contributed by atoms with E-state index in [0.29, 0.717) is 11.6 Å². The number of aryl methyl sites for hydroxylation is 2. The topological polar surface area (TPSA) is 43.8 Å². The predicted molar refractivity (Wildman–Crippen MR) is 57.4 cm³/mol. The molecule has 0 fully saturated rings. The molecule has 3 nitrogen and oxygen atoms in total. The van der Waals surface area contributed by atoms with Gasteiger partial charge in [0.05, 0.1) is 11.4 Å². The van der Waals surface area contributed by atoms with Crippen molar-refractivity contribution in [2.24, 2.45) is 0 Å². The van der Waals surface area contributed by atoms with E-state index in [2.05, 4.69) is 4.98 Å². The summed E-state index contributed by atoms with van der Waals surface area (Å²) in [7, 11) is 0. The van der Waals surface area contributed by atoms with Crippen molar-refractivity contribution >= 4 is 5.95 Å². The number of rotatable bonds is 1. The molecular formula is C11H12FN3. The van der Waals surface area contributed by atoms with Crippen LogP contribution in [-0.4, -0.2) is 9.55 Å². The summed E-state index contributed by atoms with van der Waals surface area (Å²) in [5.74, 6) is 0.00866. The van der Waals surface area contributed by atoms with Crippen molar-refractivity contribution in [2.45, 2.75) is 13.8 Å². The molecule has 1 heterocycles. The van der Waals surface area contributed by atoms with Crippen LogP contribution in [0.4, 0.5) is 10.3 Å². The summed E-state index contributed by atoms with van der Waals surface area (Å²) in [6.07, 6.45) is 1.71. The van der Waals surface area contributed by atoms with E-state index in [1.807, 2.05) is 19.9 Å². The van der Waals surface area contributed by atoms with Gasteiger partial charge in [-0.25, -0.2) is 9.37 Å². The first-order chi connectivity index (χ1) is 7.08. The van der Waals surface area contributed by atoms with Crippen LogP contribution in [0, 0.1) is 19.7 Å². The fraction of sp³-hybridized carbons (Fsp3) is 0.182. The van der Waals surface area contributed by atoms with Crippen molar-refractivity contribution in [2.75, 3.05) is 5.73 Å². The third kappa shape index (κ3) is 1.70. The van der Waals surface area contributed by atoms with Crippen LogP contribution in [-0.2, 0) is 0 Å². The van der Waals surface area contributed by atoms with Crippen molar-refractivity contribution in [3.63, 3.8) is 0 Å². The average Bonchev–Trinajstić information content (AvgIpc) is 2.45. The maximum Gasteiger partial charge on any atom is 0.205 e. The quantitative estimate of drug-likeness (QED) is 0.775. The van der Waals surface area contributed by atoms with Crippen LogP contribution >= 0.6 is 0 Å². The summed E-state index contributed by atoms with van der Waals surface area (Å²) in [6.45, 7) is 3.66. The molecule has 1 aromatic carbocycles. The number of hydrogen-bond donors (Lipinski definition) is 1. The lowest BCUT2D eigenvalue weighted by molar-refractivity contribution is 0.617. The summed E-state index contributed by atoms with van der Waals surface area (Å²) in [5, 5.41) is 0. The van der Waals surface area contributed by atoms with Crippen LogP contribution in [0.25, 0.3) is 5.69 Å². The Hall–Kier alpha value is -1.84. The molecule has 0 amide bonds. The number of imidazole rings is 1. The van der Waals surface area contributed by atoms with Gasteiger partial charge < -0.3 is 5.73 Å². The van der Waals surface area contributed by atoms with Crippen molar-refractivity contribution in [3.05, 3.63) is 41.5 Å². The van der Waals surface area contributed by atoms with Gasteiger partial charge in [-0.15, -0.1) is 0 Å². The first-order valence-electron chi connectivity index (χ1n) is 4.66. The van der Waals surface area contributed by atoms with Crippen LogP contribution in [0.2, 0.25) is 0 Å². The third-order valence-electron chi connectivity index (χ3n) is 2.22. The normalized spacial score (nSPS) is 10.6. The number of aromatic nitrogens is 2. The van der Waals surface area contributed by atoms with Crippen LogP contribution in [0.15, 0.2) is 24.4 Å². The maximum atomic E-state index is 13.6. The molecule has 0 saturated carbocycles.